The smallest absolute Gasteiger partial charge is 0.238 e. The number of Topliss-reactive ketones (excluding diaryl/α,β-unsaturated/α-hetero) is 1. The van der Waals surface area contributed by atoms with E-state index >= 15 is 0 Å². The fourth-order valence-electron chi connectivity index (χ4n) is 2.95. The van der Waals surface area contributed by atoms with E-state index in [0.29, 0.717) is 24.4 Å². The Balaban J connectivity index is 1.73. The lowest BCUT2D eigenvalue weighted by atomic mass is 9.99. The molecule has 0 aromatic heterocycles. The van der Waals surface area contributed by atoms with Crippen molar-refractivity contribution in [3.8, 4) is 0 Å². The predicted octanol–water partition coefficient (Wildman–Crippen LogP) is 2.85. The van der Waals surface area contributed by atoms with Crippen molar-refractivity contribution in [1.82, 2.24) is 5.32 Å². The highest BCUT2D eigenvalue weighted by Gasteiger charge is 2.10. The zero-order chi connectivity index (χ0) is 21.4. The Morgan fingerprint density at radius 1 is 0.931 bits per heavy atom. The van der Waals surface area contributed by atoms with Crippen molar-refractivity contribution in [3.05, 3.63) is 65.2 Å². The number of benzene rings is 2. The highest BCUT2D eigenvalue weighted by molar-refractivity contribution is 7.89. The number of sulfonamides is 1. The normalized spacial score (nSPS) is 11.4. The molecule has 7 heteroatoms. The zero-order valence-electron chi connectivity index (χ0n) is 16.9. The summed E-state index contributed by atoms with van der Waals surface area (Å²) in [5.74, 6) is 0.331. The van der Waals surface area contributed by atoms with Crippen LogP contribution in [0.4, 0.5) is 0 Å². The largest absolute Gasteiger partial charge is 0.356 e. The number of hydrogen-bond donors (Lipinski definition) is 2. The van der Waals surface area contributed by atoms with E-state index in [1.165, 1.54) is 17.7 Å². The SMILES string of the molecule is CC(C)Cc1ccc(C(=O)CCC(=O)NCCc2ccc(S(N)(=O)=O)cc2)cc1. The molecular formula is C22H28N2O4S. The minimum absolute atomic E-state index is 0.0465. The van der Waals surface area contributed by atoms with Crippen LogP contribution in [-0.2, 0) is 27.7 Å². The molecule has 0 spiro atoms. The molecule has 0 fully saturated rings. The van der Waals surface area contributed by atoms with Gasteiger partial charge in [-0.2, -0.15) is 0 Å². The molecule has 0 atom stereocenters. The number of nitrogens with one attached hydrogen (secondary N) is 1. The number of rotatable bonds is 10. The number of primary sulfonamides is 1. The van der Waals surface area contributed by atoms with Gasteiger partial charge in [0.05, 0.1) is 4.90 Å². The molecule has 3 N–H and O–H groups in total. The van der Waals surface area contributed by atoms with Crippen LogP contribution in [-0.4, -0.2) is 26.7 Å². The van der Waals surface area contributed by atoms with Crippen molar-refractivity contribution in [2.75, 3.05) is 6.54 Å². The summed E-state index contributed by atoms with van der Waals surface area (Å²) in [5, 5.41) is 7.84. The van der Waals surface area contributed by atoms with Crippen LogP contribution in [0, 0.1) is 5.92 Å². The second-order valence-corrected chi connectivity index (χ2v) is 9.07. The van der Waals surface area contributed by atoms with Crippen LogP contribution in [0.1, 0.15) is 48.2 Å². The number of carbonyl (C=O) groups excluding carboxylic acids is 2. The molecule has 0 saturated heterocycles. The van der Waals surface area contributed by atoms with Crippen molar-refractivity contribution in [3.63, 3.8) is 0 Å². The van der Waals surface area contributed by atoms with Gasteiger partial charge in [-0.15, -0.1) is 0 Å². The van der Waals surface area contributed by atoms with E-state index in [1.807, 2.05) is 24.3 Å². The van der Waals surface area contributed by atoms with Gasteiger partial charge in [-0.05, 0) is 42.0 Å². The first-order chi connectivity index (χ1) is 13.6. The van der Waals surface area contributed by atoms with E-state index < -0.39 is 10.0 Å². The summed E-state index contributed by atoms with van der Waals surface area (Å²) < 4.78 is 22.5. The Bertz CT molecular complexity index is 934. The van der Waals surface area contributed by atoms with Gasteiger partial charge in [0.15, 0.2) is 5.78 Å². The quantitative estimate of drug-likeness (QED) is 0.581. The van der Waals surface area contributed by atoms with Crippen LogP contribution in [0.15, 0.2) is 53.4 Å². The molecule has 156 valence electrons. The molecule has 0 unspecified atom stereocenters. The van der Waals surface area contributed by atoms with Crippen LogP contribution < -0.4 is 10.5 Å². The molecule has 0 bridgehead atoms. The van der Waals surface area contributed by atoms with Gasteiger partial charge in [0.2, 0.25) is 15.9 Å². The first-order valence-electron chi connectivity index (χ1n) is 9.65. The van der Waals surface area contributed by atoms with Gasteiger partial charge in [0.25, 0.3) is 0 Å². The van der Waals surface area contributed by atoms with Crippen molar-refractivity contribution in [2.45, 2.75) is 44.4 Å². The third kappa shape index (κ3) is 7.79. The second kappa shape index (κ2) is 10.3. The second-order valence-electron chi connectivity index (χ2n) is 7.51. The lowest BCUT2D eigenvalue weighted by Gasteiger charge is -2.07. The summed E-state index contributed by atoms with van der Waals surface area (Å²) in [6.45, 7) is 4.71. The Morgan fingerprint density at radius 3 is 2.07 bits per heavy atom. The Kier molecular flexibility index (Phi) is 8.10. The van der Waals surface area contributed by atoms with Crippen LogP contribution in [0.3, 0.4) is 0 Å². The van der Waals surface area contributed by atoms with Crippen molar-refractivity contribution >= 4 is 21.7 Å². The van der Waals surface area contributed by atoms with Crippen molar-refractivity contribution < 1.29 is 18.0 Å². The van der Waals surface area contributed by atoms with Gasteiger partial charge in [-0.1, -0.05) is 50.2 Å². The Labute approximate surface area is 172 Å². The van der Waals surface area contributed by atoms with Gasteiger partial charge < -0.3 is 5.32 Å². The number of amides is 1. The number of carbonyl (C=O) groups is 2. The Morgan fingerprint density at radius 2 is 1.52 bits per heavy atom. The molecule has 0 aliphatic carbocycles. The van der Waals surface area contributed by atoms with E-state index in [1.54, 1.807) is 12.1 Å². The maximum atomic E-state index is 12.3. The van der Waals surface area contributed by atoms with Gasteiger partial charge in [0.1, 0.15) is 0 Å². The number of hydrogen-bond acceptors (Lipinski definition) is 4. The molecule has 0 saturated carbocycles. The van der Waals surface area contributed by atoms with Crippen LogP contribution >= 0.6 is 0 Å². The maximum absolute atomic E-state index is 12.3. The summed E-state index contributed by atoms with van der Waals surface area (Å²) in [6.07, 6.45) is 1.83. The van der Waals surface area contributed by atoms with Gasteiger partial charge in [-0.3, -0.25) is 9.59 Å². The van der Waals surface area contributed by atoms with E-state index in [9.17, 15) is 18.0 Å². The zero-order valence-corrected chi connectivity index (χ0v) is 17.7. The molecule has 1 amide bonds. The lowest BCUT2D eigenvalue weighted by molar-refractivity contribution is -0.121. The summed E-state index contributed by atoms with van der Waals surface area (Å²) >= 11 is 0. The molecule has 0 aliphatic rings. The van der Waals surface area contributed by atoms with Gasteiger partial charge in [0, 0.05) is 24.9 Å². The van der Waals surface area contributed by atoms with Crippen LogP contribution in [0.5, 0.6) is 0 Å². The van der Waals surface area contributed by atoms with E-state index in [-0.39, 0.29) is 29.4 Å². The summed E-state index contributed by atoms with van der Waals surface area (Å²) in [7, 11) is -3.70. The monoisotopic (exact) mass is 416 g/mol. The van der Waals surface area contributed by atoms with Crippen molar-refractivity contribution in [2.24, 2.45) is 11.1 Å². The Hall–Kier alpha value is -2.51. The highest BCUT2D eigenvalue weighted by Crippen LogP contribution is 2.12. The third-order valence-electron chi connectivity index (χ3n) is 4.49. The van der Waals surface area contributed by atoms with E-state index in [2.05, 4.69) is 19.2 Å². The van der Waals surface area contributed by atoms with Crippen molar-refractivity contribution in [1.29, 1.82) is 0 Å². The molecule has 0 heterocycles. The fourth-order valence-corrected chi connectivity index (χ4v) is 3.47. The van der Waals surface area contributed by atoms with Crippen LogP contribution in [0.25, 0.3) is 0 Å². The minimum atomic E-state index is -3.70. The number of nitrogens with two attached hydrogens (primary N) is 1. The lowest BCUT2D eigenvalue weighted by Crippen LogP contribution is -2.26. The summed E-state index contributed by atoms with van der Waals surface area (Å²) in [6, 6.07) is 13.8. The fraction of sp³-hybridized carbons (Fsp3) is 0.364. The first kappa shape index (κ1) is 22.8. The standard InChI is InChI=1S/C22H28N2O4S/c1-16(2)15-18-3-7-19(8-4-18)21(25)11-12-22(26)24-14-13-17-5-9-20(10-6-17)29(23,27)28/h3-10,16H,11-15H2,1-2H3,(H,24,26)(H2,23,27,28). The number of ketones is 1. The molecule has 0 aliphatic heterocycles. The molecule has 29 heavy (non-hydrogen) atoms. The van der Waals surface area contributed by atoms with Gasteiger partial charge in [-0.25, -0.2) is 13.6 Å². The molecule has 2 rings (SSSR count). The maximum Gasteiger partial charge on any atom is 0.238 e. The molecule has 2 aromatic rings. The van der Waals surface area contributed by atoms with Gasteiger partial charge >= 0.3 is 0 Å². The summed E-state index contributed by atoms with van der Waals surface area (Å²) in [5.41, 5.74) is 2.71. The summed E-state index contributed by atoms with van der Waals surface area (Å²) in [4.78, 5) is 24.3. The first-order valence-corrected chi connectivity index (χ1v) is 11.2. The van der Waals surface area contributed by atoms with E-state index in [0.717, 1.165) is 12.0 Å². The van der Waals surface area contributed by atoms with E-state index in [4.69, 9.17) is 5.14 Å². The van der Waals surface area contributed by atoms with Crippen LogP contribution in [0.2, 0.25) is 0 Å². The molecular weight excluding hydrogens is 388 g/mol. The molecule has 6 nitrogen and oxygen atoms in total. The topological polar surface area (TPSA) is 106 Å². The highest BCUT2D eigenvalue weighted by atomic mass is 32.2. The molecule has 2 aromatic carbocycles. The predicted molar refractivity (Wildman–Crippen MR) is 113 cm³/mol. The molecule has 0 radical (unpaired) electrons. The third-order valence-corrected chi connectivity index (χ3v) is 5.42. The average molecular weight is 417 g/mol. The minimum Gasteiger partial charge on any atom is -0.356 e. The average Bonchev–Trinajstić information content (AvgIpc) is 2.66.